The van der Waals surface area contributed by atoms with Crippen molar-refractivity contribution < 1.29 is 10.2 Å². The maximum atomic E-state index is 10.3. The molecule has 20 heavy (non-hydrogen) atoms. The molecule has 2 nitrogen and oxygen atoms in total. The number of aromatic hydroxyl groups is 2. The van der Waals surface area contributed by atoms with E-state index in [1.54, 1.807) is 0 Å². The standard InChI is InChI=1S/C18H24O2/c1-18-7-2-3-15(18)13-5-4-11-9-12(19)10-16(20)17(11)14(13)6-8-18/h9-10,13-15,19-20H,2-8H2,1H3/t13-,14-,15-,18-/m0/s1. The highest BCUT2D eigenvalue weighted by atomic mass is 16.3. The van der Waals surface area contributed by atoms with Gasteiger partial charge in [-0.2, -0.15) is 0 Å². The summed E-state index contributed by atoms with van der Waals surface area (Å²) in [5.41, 5.74) is 2.91. The van der Waals surface area contributed by atoms with Gasteiger partial charge in [-0.25, -0.2) is 0 Å². The van der Waals surface area contributed by atoms with E-state index in [4.69, 9.17) is 0 Å². The van der Waals surface area contributed by atoms with Crippen LogP contribution in [0, 0.1) is 17.3 Å². The van der Waals surface area contributed by atoms with E-state index < -0.39 is 0 Å². The Hall–Kier alpha value is -1.18. The molecule has 0 heterocycles. The summed E-state index contributed by atoms with van der Waals surface area (Å²) in [5, 5.41) is 20.0. The van der Waals surface area contributed by atoms with Gasteiger partial charge in [0.15, 0.2) is 0 Å². The third-order valence-corrected chi connectivity index (χ3v) is 6.56. The molecule has 4 rings (SSSR count). The van der Waals surface area contributed by atoms with Gasteiger partial charge in [0.2, 0.25) is 0 Å². The SMILES string of the molecule is C[C@@]12CCC[C@H]1[C@H]1CCc3cc(O)cc(O)c3[C@H]1CC2. The third kappa shape index (κ3) is 1.63. The van der Waals surface area contributed by atoms with Gasteiger partial charge in [-0.3, -0.25) is 0 Å². The second kappa shape index (κ2) is 4.16. The molecule has 2 saturated carbocycles. The van der Waals surface area contributed by atoms with Crippen molar-refractivity contribution in [1.82, 2.24) is 0 Å². The highest BCUT2D eigenvalue weighted by Gasteiger charge is 2.50. The molecule has 2 heteroatoms. The maximum absolute atomic E-state index is 10.3. The summed E-state index contributed by atoms with van der Waals surface area (Å²) in [6.07, 6.45) is 8.94. The lowest BCUT2D eigenvalue weighted by molar-refractivity contribution is 0.0588. The second-order valence-corrected chi connectivity index (χ2v) is 7.54. The summed E-state index contributed by atoms with van der Waals surface area (Å²) >= 11 is 0. The lowest BCUT2D eigenvalue weighted by Gasteiger charge is -2.49. The molecule has 0 spiro atoms. The van der Waals surface area contributed by atoms with Crippen LogP contribution in [0.1, 0.15) is 62.5 Å². The second-order valence-electron chi connectivity index (χ2n) is 7.54. The zero-order valence-corrected chi connectivity index (χ0v) is 12.2. The van der Waals surface area contributed by atoms with Gasteiger partial charge in [0.05, 0.1) is 0 Å². The molecule has 108 valence electrons. The van der Waals surface area contributed by atoms with Crippen molar-refractivity contribution in [3.8, 4) is 11.5 Å². The first-order valence-corrected chi connectivity index (χ1v) is 8.13. The van der Waals surface area contributed by atoms with Crippen LogP contribution in [0.3, 0.4) is 0 Å². The van der Waals surface area contributed by atoms with Crippen molar-refractivity contribution in [2.45, 2.75) is 57.8 Å². The molecule has 0 radical (unpaired) electrons. The minimum atomic E-state index is 0.209. The largest absolute Gasteiger partial charge is 0.508 e. The Bertz CT molecular complexity index is 551. The number of fused-ring (bicyclic) bond motifs is 5. The number of phenols is 2. The van der Waals surface area contributed by atoms with Crippen molar-refractivity contribution in [2.24, 2.45) is 17.3 Å². The minimum Gasteiger partial charge on any atom is -0.508 e. The van der Waals surface area contributed by atoms with Gasteiger partial charge < -0.3 is 10.2 Å². The van der Waals surface area contributed by atoms with E-state index in [-0.39, 0.29) is 5.75 Å². The van der Waals surface area contributed by atoms with Gasteiger partial charge in [0, 0.05) is 11.6 Å². The highest BCUT2D eigenvalue weighted by molar-refractivity contribution is 5.49. The van der Waals surface area contributed by atoms with Crippen LogP contribution in [0.5, 0.6) is 11.5 Å². The molecule has 2 fully saturated rings. The lowest BCUT2D eigenvalue weighted by Crippen LogP contribution is -2.39. The topological polar surface area (TPSA) is 40.5 Å². The smallest absolute Gasteiger partial charge is 0.123 e. The molecule has 0 aromatic heterocycles. The molecular formula is C18H24O2. The first-order valence-electron chi connectivity index (χ1n) is 8.13. The van der Waals surface area contributed by atoms with Gasteiger partial charge in [-0.05, 0) is 73.3 Å². The van der Waals surface area contributed by atoms with Gasteiger partial charge in [-0.15, -0.1) is 0 Å². The number of aryl methyl sites for hydroxylation is 1. The van der Waals surface area contributed by atoms with E-state index in [1.165, 1.54) is 50.2 Å². The molecule has 3 aliphatic rings. The fourth-order valence-corrected chi connectivity index (χ4v) is 5.68. The van der Waals surface area contributed by atoms with Crippen molar-refractivity contribution in [2.75, 3.05) is 0 Å². The van der Waals surface area contributed by atoms with E-state index in [1.807, 2.05) is 6.07 Å². The molecule has 1 aromatic rings. The fraction of sp³-hybridized carbons (Fsp3) is 0.667. The van der Waals surface area contributed by atoms with Crippen molar-refractivity contribution in [1.29, 1.82) is 0 Å². The van der Waals surface area contributed by atoms with Gasteiger partial charge >= 0.3 is 0 Å². The van der Waals surface area contributed by atoms with Crippen LogP contribution >= 0.6 is 0 Å². The number of hydrogen-bond acceptors (Lipinski definition) is 2. The van der Waals surface area contributed by atoms with E-state index in [0.717, 1.165) is 23.8 Å². The van der Waals surface area contributed by atoms with Crippen molar-refractivity contribution >= 4 is 0 Å². The quantitative estimate of drug-likeness (QED) is 0.737. The third-order valence-electron chi connectivity index (χ3n) is 6.56. The zero-order valence-electron chi connectivity index (χ0n) is 12.2. The summed E-state index contributed by atoms with van der Waals surface area (Å²) in [5.74, 6) is 2.66. The van der Waals surface area contributed by atoms with E-state index >= 15 is 0 Å². The van der Waals surface area contributed by atoms with Crippen LogP contribution in [-0.2, 0) is 6.42 Å². The number of hydrogen-bond donors (Lipinski definition) is 2. The molecule has 0 unspecified atom stereocenters. The van der Waals surface area contributed by atoms with Gasteiger partial charge in [-0.1, -0.05) is 13.3 Å². The Labute approximate surface area is 120 Å². The molecule has 3 aliphatic carbocycles. The van der Waals surface area contributed by atoms with E-state index in [9.17, 15) is 10.2 Å². The summed E-state index contributed by atoms with van der Waals surface area (Å²) < 4.78 is 0. The monoisotopic (exact) mass is 272 g/mol. The lowest BCUT2D eigenvalue weighted by atomic mass is 9.56. The summed E-state index contributed by atoms with van der Waals surface area (Å²) in [4.78, 5) is 0. The molecule has 2 N–H and O–H groups in total. The van der Waals surface area contributed by atoms with E-state index in [2.05, 4.69) is 6.92 Å². The maximum Gasteiger partial charge on any atom is 0.123 e. The number of benzene rings is 1. The summed E-state index contributed by atoms with van der Waals surface area (Å²) in [6.45, 7) is 2.49. The highest BCUT2D eigenvalue weighted by Crippen LogP contribution is 2.61. The van der Waals surface area contributed by atoms with Crippen molar-refractivity contribution in [3.63, 3.8) is 0 Å². The Morgan fingerprint density at radius 2 is 1.95 bits per heavy atom. The van der Waals surface area contributed by atoms with Gasteiger partial charge in [0.1, 0.15) is 11.5 Å². The summed E-state index contributed by atoms with van der Waals surface area (Å²) in [7, 11) is 0. The zero-order chi connectivity index (χ0) is 13.9. The minimum absolute atomic E-state index is 0.209. The average Bonchev–Trinajstić information content (AvgIpc) is 2.79. The molecular weight excluding hydrogens is 248 g/mol. The predicted molar refractivity (Wildman–Crippen MR) is 79.0 cm³/mol. The predicted octanol–water partition coefficient (Wildman–Crippen LogP) is 4.34. The molecule has 0 saturated heterocycles. The fourth-order valence-electron chi connectivity index (χ4n) is 5.68. The Kier molecular flexibility index (Phi) is 2.61. The first-order chi connectivity index (χ1) is 9.58. The molecule has 0 aliphatic heterocycles. The van der Waals surface area contributed by atoms with Gasteiger partial charge in [0.25, 0.3) is 0 Å². The molecule has 0 bridgehead atoms. The normalized spacial score (nSPS) is 39.0. The van der Waals surface area contributed by atoms with Crippen LogP contribution in [0.2, 0.25) is 0 Å². The molecule has 4 atom stereocenters. The molecule has 1 aromatic carbocycles. The van der Waals surface area contributed by atoms with Crippen LogP contribution < -0.4 is 0 Å². The van der Waals surface area contributed by atoms with Crippen LogP contribution in [0.4, 0.5) is 0 Å². The Morgan fingerprint density at radius 1 is 1.10 bits per heavy atom. The van der Waals surface area contributed by atoms with Crippen molar-refractivity contribution in [3.05, 3.63) is 23.3 Å². The average molecular weight is 272 g/mol. The molecule has 0 amide bonds. The van der Waals surface area contributed by atoms with Crippen LogP contribution in [-0.4, -0.2) is 10.2 Å². The summed E-state index contributed by atoms with van der Waals surface area (Å²) in [6, 6.07) is 3.40. The number of phenolic OH excluding ortho intramolecular Hbond substituents is 2. The number of rotatable bonds is 0. The Morgan fingerprint density at radius 3 is 2.80 bits per heavy atom. The van der Waals surface area contributed by atoms with Crippen LogP contribution in [0.25, 0.3) is 0 Å². The first kappa shape index (κ1) is 12.6. The Balaban J connectivity index is 1.76. The van der Waals surface area contributed by atoms with Crippen LogP contribution in [0.15, 0.2) is 12.1 Å². The van der Waals surface area contributed by atoms with E-state index in [0.29, 0.717) is 17.1 Å².